The van der Waals surface area contributed by atoms with Crippen LogP contribution in [0.3, 0.4) is 0 Å². The summed E-state index contributed by atoms with van der Waals surface area (Å²) in [7, 11) is 0. The predicted molar refractivity (Wildman–Crippen MR) is 53.4 cm³/mol. The molecule has 1 aromatic carbocycles. The summed E-state index contributed by atoms with van der Waals surface area (Å²) in [6.45, 7) is 0. The lowest BCUT2D eigenvalue weighted by atomic mass is 10.2. The van der Waals surface area contributed by atoms with Gasteiger partial charge in [-0.15, -0.1) is 24.0 Å². The SMILES string of the molecule is Nc1cc(S)c2sc(F)cc2c1. The monoisotopic (exact) mass is 199 g/mol. The molecule has 0 fully saturated rings. The number of nitrogen functional groups attached to an aromatic ring is 1. The summed E-state index contributed by atoms with van der Waals surface area (Å²) >= 11 is 5.29. The number of nitrogens with two attached hydrogens (primary N) is 1. The van der Waals surface area contributed by atoms with Crippen LogP contribution in [0.4, 0.5) is 10.1 Å². The number of anilines is 1. The Kier molecular flexibility index (Phi) is 1.73. The Bertz CT molecular complexity index is 436. The van der Waals surface area contributed by atoms with Crippen LogP contribution in [0.2, 0.25) is 0 Å². The van der Waals surface area contributed by atoms with Crippen molar-refractivity contribution in [3.05, 3.63) is 23.3 Å². The van der Waals surface area contributed by atoms with Crippen LogP contribution in [-0.2, 0) is 0 Å². The van der Waals surface area contributed by atoms with Crippen molar-refractivity contribution in [1.82, 2.24) is 0 Å². The van der Waals surface area contributed by atoms with Crippen LogP contribution in [0.15, 0.2) is 23.1 Å². The van der Waals surface area contributed by atoms with Gasteiger partial charge in [-0.05, 0) is 23.6 Å². The highest BCUT2D eigenvalue weighted by Crippen LogP contribution is 2.31. The maximum Gasteiger partial charge on any atom is 0.177 e. The molecule has 2 aromatic rings. The van der Waals surface area contributed by atoms with Gasteiger partial charge in [0.1, 0.15) is 0 Å². The molecule has 0 saturated heterocycles. The highest BCUT2D eigenvalue weighted by atomic mass is 32.1. The van der Waals surface area contributed by atoms with E-state index in [2.05, 4.69) is 12.6 Å². The van der Waals surface area contributed by atoms with Gasteiger partial charge in [-0.3, -0.25) is 0 Å². The van der Waals surface area contributed by atoms with Crippen LogP contribution < -0.4 is 5.73 Å². The third-order valence-electron chi connectivity index (χ3n) is 1.59. The number of thiol groups is 1. The summed E-state index contributed by atoms with van der Waals surface area (Å²) < 4.78 is 13.6. The van der Waals surface area contributed by atoms with Crippen molar-refractivity contribution in [1.29, 1.82) is 0 Å². The van der Waals surface area contributed by atoms with Gasteiger partial charge < -0.3 is 5.73 Å². The van der Waals surface area contributed by atoms with E-state index in [1.807, 2.05) is 0 Å². The Morgan fingerprint density at radius 1 is 1.33 bits per heavy atom. The van der Waals surface area contributed by atoms with Crippen LogP contribution in [0.25, 0.3) is 10.1 Å². The van der Waals surface area contributed by atoms with Gasteiger partial charge in [0.2, 0.25) is 0 Å². The number of halogens is 1. The van der Waals surface area contributed by atoms with Crippen molar-refractivity contribution < 1.29 is 4.39 Å². The lowest BCUT2D eigenvalue weighted by molar-refractivity contribution is 0.658. The first-order valence-corrected chi connectivity index (χ1v) is 4.61. The van der Waals surface area contributed by atoms with Crippen LogP contribution in [-0.4, -0.2) is 0 Å². The second-order valence-corrected chi connectivity index (χ2v) is 3.99. The third kappa shape index (κ3) is 1.17. The minimum Gasteiger partial charge on any atom is -0.399 e. The third-order valence-corrected chi connectivity index (χ3v) is 3.07. The second-order valence-electron chi connectivity index (χ2n) is 2.51. The number of rotatable bonds is 0. The first-order chi connectivity index (χ1) is 5.66. The Morgan fingerprint density at radius 2 is 2.08 bits per heavy atom. The fraction of sp³-hybridized carbons (Fsp3) is 0. The van der Waals surface area contributed by atoms with Crippen LogP contribution >= 0.6 is 24.0 Å². The fourth-order valence-electron chi connectivity index (χ4n) is 1.13. The van der Waals surface area contributed by atoms with Gasteiger partial charge in [-0.1, -0.05) is 0 Å². The molecule has 12 heavy (non-hydrogen) atoms. The molecule has 2 rings (SSSR count). The van der Waals surface area contributed by atoms with E-state index in [0.717, 1.165) is 26.3 Å². The molecule has 0 atom stereocenters. The maximum absolute atomic E-state index is 12.8. The number of benzene rings is 1. The smallest absolute Gasteiger partial charge is 0.177 e. The van der Waals surface area contributed by atoms with Crippen molar-refractivity contribution >= 4 is 39.7 Å². The standard InChI is InChI=1S/C8H6FNS2/c9-7-2-4-1-5(10)3-6(11)8(4)12-7/h1-3,11H,10H2. The molecular weight excluding hydrogens is 193 g/mol. The summed E-state index contributed by atoms with van der Waals surface area (Å²) in [5.41, 5.74) is 6.18. The summed E-state index contributed by atoms with van der Waals surface area (Å²) in [6.07, 6.45) is 0. The molecule has 2 N–H and O–H groups in total. The number of thiophene rings is 1. The average molecular weight is 199 g/mol. The number of fused-ring (bicyclic) bond motifs is 1. The molecule has 0 unspecified atom stereocenters. The number of hydrogen-bond donors (Lipinski definition) is 2. The van der Waals surface area contributed by atoms with E-state index in [4.69, 9.17) is 5.73 Å². The quantitative estimate of drug-likeness (QED) is 0.495. The first kappa shape index (κ1) is 7.89. The van der Waals surface area contributed by atoms with Gasteiger partial charge in [0.25, 0.3) is 0 Å². The van der Waals surface area contributed by atoms with Crippen molar-refractivity contribution in [2.24, 2.45) is 0 Å². The van der Waals surface area contributed by atoms with Crippen LogP contribution in [0.1, 0.15) is 0 Å². The lowest BCUT2D eigenvalue weighted by Crippen LogP contribution is -1.82. The Balaban J connectivity index is 2.88. The Hall–Kier alpha value is -0.740. The topological polar surface area (TPSA) is 26.0 Å². The van der Waals surface area contributed by atoms with E-state index < -0.39 is 0 Å². The zero-order chi connectivity index (χ0) is 8.72. The summed E-state index contributed by atoms with van der Waals surface area (Å²) in [4.78, 5) is 0.735. The summed E-state index contributed by atoms with van der Waals surface area (Å²) in [5.74, 6) is 0. The Labute approximate surface area is 78.4 Å². The second kappa shape index (κ2) is 2.64. The molecule has 1 aromatic heterocycles. The van der Waals surface area contributed by atoms with E-state index in [1.54, 1.807) is 12.1 Å². The van der Waals surface area contributed by atoms with Crippen LogP contribution in [0, 0.1) is 5.13 Å². The molecule has 0 amide bonds. The van der Waals surface area contributed by atoms with Gasteiger partial charge in [-0.25, -0.2) is 0 Å². The van der Waals surface area contributed by atoms with E-state index >= 15 is 0 Å². The summed E-state index contributed by atoms with van der Waals surface area (Å²) in [6, 6.07) is 4.94. The van der Waals surface area contributed by atoms with Crippen molar-refractivity contribution in [3.8, 4) is 0 Å². The fourth-order valence-corrected chi connectivity index (χ4v) is 2.32. The van der Waals surface area contributed by atoms with Gasteiger partial charge >= 0.3 is 0 Å². The molecule has 0 spiro atoms. The molecule has 4 heteroatoms. The van der Waals surface area contributed by atoms with Gasteiger partial charge in [0.15, 0.2) is 5.13 Å². The lowest BCUT2D eigenvalue weighted by Gasteiger charge is -1.96. The molecule has 0 radical (unpaired) electrons. The molecule has 1 heterocycles. The predicted octanol–water partition coefficient (Wildman–Crippen LogP) is 2.91. The number of hydrogen-bond acceptors (Lipinski definition) is 3. The largest absolute Gasteiger partial charge is 0.399 e. The minimum atomic E-state index is -0.203. The van der Waals surface area contributed by atoms with E-state index in [0.29, 0.717) is 5.69 Å². The van der Waals surface area contributed by atoms with E-state index in [1.165, 1.54) is 6.07 Å². The van der Waals surface area contributed by atoms with Gasteiger partial charge in [-0.2, -0.15) is 4.39 Å². The Morgan fingerprint density at radius 3 is 2.83 bits per heavy atom. The molecule has 1 nitrogen and oxygen atoms in total. The molecule has 0 aliphatic heterocycles. The molecule has 0 aliphatic carbocycles. The van der Waals surface area contributed by atoms with E-state index in [9.17, 15) is 4.39 Å². The van der Waals surface area contributed by atoms with E-state index in [-0.39, 0.29) is 5.13 Å². The zero-order valence-electron chi connectivity index (χ0n) is 6.04. The van der Waals surface area contributed by atoms with Gasteiger partial charge in [0, 0.05) is 10.6 Å². The van der Waals surface area contributed by atoms with Crippen molar-refractivity contribution in [2.75, 3.05) is 5.73 Å². The molecule has 62 valence electrons. The molecular formula is C8H6FNS2. The molecule has 0 bridgehead atoms. The molecule has 0 aliphatic rings. The average Bonchev–Trinajstić information content (AvgIpc) is 2.29. The van der Waals surface area contributed by atoms with Crippen LogP contribution in [0.5, 0.6) is 0 Å². The minimum absolute atomic E-state index is 0.203. The van der Waals surface area contributed by atoms with Crippen molar-refractivity contribution in [2.45, 2.75) is 4.90 Å². The zero-order valence-corrected chi connectivity index (χ0v) is 7.75. The maximum atomic E-state index is 12.8. The highest BCUT2D eigenvalue weighted by Gasteiger charge is 2.04. The molecule has 0 saturated carbocycles. The van der Waals surface area contributed by atoms with Crippen molar-refractivity contribution in [3.63, 3.8) is 0 Å². The highest BCUT2D eigenvalue weighted by molar-refractivity contribution is 7.80. The van der Waals surface area contributed by atoms with Gasteiger partial charge in [0.05, 0.1) is 4.70 Å². The summed E-state index contributed by atoms with van der Waals surface area (Å²) in [5, 5.41) is 0.619. The first-order valence-electron chi connectivity index (χ1n) is 3.34. The normalized spacial score (nSPS) is 10.8.